The molecule has 136 valence electrons. The summed E-state index contributed by atoms with van der Waals surface area (Å²) in [5.41, 5.74) is 3.18. The van der Waals surface area contributed by atoms with Crippen LogP contribution in [0.3, 0.4) is 0 Å². The van der Waals surface area contributed by atoms with Crippen LogP contribution in [0.15, 0.2) is 57.7 Å². The van der Waals surface area contributed by atoms with Gasteiger partial charge in [-0.3, -0.25) is 0 Å². The predicted molar refractivity (Wildman–Crippen MR) is 104 cm³/mol. The minimum Gasteiger partial charge on any atom is -0.491 e. The molecule has 0 aliphatic carbocycles. The van der Waals surface area contributed by atoms with Crippen molar-refractivity contribution in [1.29, 1.82) is 0 Å². The Morgan fingerprint density at radius 1 is 1.08 bits per heavy atom. The number of benzene rings is 2. The van der Waals surface area contributed by atoms with Crippen molar-refractivity contribution in [1.82, 2.24) is 0 Å². The van der Waals surface area contributed by atoms with Crippen LogP contribution in [0.25, 0.3) is 22.1 Å². The second-order valence-corrected chi connectivity index (χ2v) is 6.41. The van der Waals surface area contributed by atoms with Gasteiger partial charge in [-0.25, -0.2) is 4.79 Å². The number of methoxy groups -OCH3 is 1. The van der Waals surface area contributed by atoms with E-state index in [0.29, 0.717) is 17.9 Å². The zero-order chi connectivity index (χ0) is 18.5. The number of rotatable bonds is 7. The molecule has 2 aromatic carbocycles. The van der Waals surface area contributed by atoms with Gasteiger partial charge in [0.1, 0.15) is 17.9 Å². The summed E-state index contributed by atoms with van der Waals surface area (Å²) >= 11 is 0. The lowest BCUT2D eigenvalue weighted by molar-refractivity contribution is 0.0516. The first kappa shape index (κ1) is 18.2. The molecular weight excluding hydrogens is 328 g/mol. The molecule has 26 heavy (non-hydrogen) atoms. The first-order chi connectivity index (χ1) is 12.6. The predicted octanol–water partition coefficient (Wildman–Crippen LogP) is 4.96. The van der Waals surface area contributed by atoms with Crippen molar-refractivity contribution >= 4 is 11.0 Å². The van der Waals surface area contributed by atoms with Gasteiger partial charge in [0.25, 0.3) is 0 Å². The van der Waals surface area contributed by atoms with Crippen molar-refractivity contribution in [3.05, 3.63) is 64.5 Å². The molecule has 0 saturated heterocycles. The second kappa shape index (κ2) is 8.19. The molecular formula is C22H24O4. The second-order valence-electron chi connectivity index (χ2n) is 6.41. The molecule has 4 nitrogen and oxygen atoms in total. The van der Waals surface area contributed by atoms with E-state index in [1.54, 1.807) is 19.2 Å². The van der Waals surface area contributed by atoms with E-state index in [4.69, 9.17) is 13.9 Å². The fraction of sp³-hybridized carbons (Fsp3) is 0.318. The van der Waals surface area contributed by atoms with Crippen molar-refractivity contribution in [2.24, 2.45) is 0 Å². The standard InChI is InChI=1S/C22H24O4/c1-4-7-17(24-3)14-25-16-10-11-19-20(13-22(23)26-21(19)12-16)18-9-6-5-8-15(18)2/h5-6,8-13,17H,4,7,14H2,1-3H3. The molecule has 1 heterocycles. The summed E-state index contributed by atoms with van der Waals surface area (Å²) in [6.45, 7) is 4.62. The zero-order valence-electron chi connectivity index (χ0n) is 15.5. The molecule has 0 aliphatic heterocycles. The lowest BCUT2D eigenvalue weighted by Crippen LogP contribution is -2.19. The Bertz CT molecular complexity index is 942. The van der Waals surface area contributed by atoms with E-state index in [1.807, 2.05) is 43.3 Å². The van der Waals surface area contributed by atoms with Gasteiger partial charge >= 0.3 is 5.63 Å². The number of hydrogen-bond acceptors (Lipinski definition) is 4. The Morgan fingerprint density at radius 2 is 1.88 bits per heavy atom. The highest BCUT2D eigenvalue weighted by Crippen LogP contribution is 2.31. The van der Waals surface area contributed by atoms with Gasteiger partial charge < -0.3 is 13.9 Å². The fourth-order valence-electron chi connectivity index (χ4n) is 3.11. The molecule has 4 heteroatoms. The third-order valence-electron chi connectivity index (χ3n) is 4.53. The Hall–Kier alpha value is -2.59. The average molecular weight is 352 g/mol. The van der Waals surface area contributed by atoms with Crippen molar-refractivity contribution < 1.29 is 13.9 Å². The highest BCUT2D eigenvalue weighted by molar-refractivity contribution is 5.94. The van der Waals surface area contributed by atoms with E-state index < -0.39 is 0 Å². The maximum Gasteiger partial charge on any atom is 0.336 e. The monoisotopic (exact) mass is 352 g/mol. The largest absolute Gasteiger partial charge is 0.491 e. The van der Waals surface area contributed by atoms with Crippen LogP contribution >= 0.6 is 0 Å². The van der Waals surface area contributed by atoms with E-state index in [9.17, 15) is 4.79 Å². The van der Waals surface area contributed by atoms with E-state index in [2.05, 4.69) is 6.92 Å². The van der Waals surface area contributed by atoms with Crippen LogP contribution in [0.5, 0.6) is 5.75 Å². The molecule has 1 aromatic heterocycles. The van der Waals surface area contributed by atoms with E-state index in [0.717, 1.165) is 34.9 Å². The van der Waals surface area contributed by atoms with E-state index in [1.165, 1.54) is 0 Å². The van der Waals surface area contributed by atoms with Gasteiger partial charge in [0.2, 0.25) is 0 Å². The van der Waals surface area contributed by atoms with Crippen LogP contribution in [0.2, 0.25) is 0 Å². The highest BCUT2D eigenvalue weighted by atomic mass is 16.5. The molecule has 0 fully saturated rings. The van der Waals surface area contributed by atoms with Gasteiger partial charge in [-0.1, -0.05) is 37.6 Å². The number of fused-ring (bicyclic) bond motifs is 1. The lowest BCUT2D eigenvalue weighted by atomic mass is 9.98. The van der Waals surface area contributed by atoms with Crippen molar-refractivity contribution in [2.75, 3.05) is 13.7 Å². The topological polar surface area (TPSA) is 48.7 Å². The molecule has 0 radical (unpaired) electrons. The van der Waals surface area contributed by atoms with Gasteiger partial charge in [0, 0.05) is 30.2 Å². The molecule has 3 aromatic rings. The van der Waals surface area contributed by atoms with Crippen LogP contribution in [0.1, 0.15) is 25.3 Å². The summed E-state index contributed by atoms with van der Waals surface area (Å²) in [7, 11) is 1.69. The molecule has 0 aliphatic rings. The molecule has 3 rings (SSSR count). The van der Waals surface area contributed by atoms with E-state index >= 15 is 0 Å². The van der Waals surface area contributed by atoms with Crippen molar-refractivity contribution in [2.45, 2.75) is 32.8 Å². The van der Waals surface area contributed by atoms with Crippen molar-refractivity contribution in [3.63, 3.8) is 0 Å². The Labute approximate surface area is 153 Å². The lowest BCUT2D eigenvalue weighted by Gasteiger charge is -2.16. The number of ether oxygens (including phenoxy) is 2. The van der Waals surface area contributed by atoms with Gasteiger partial charge in [-0.2, -0.15) is 0 Å². The van der Waals surface area contributed by atoms with Crippen LogP contribution in [0, 0.1) is 6.92 Å². The average Bonchev–Trinajstić information content (AvgIpc) is 2.64. The summed E-state index contributed by atoms with van der Waals surface area (Å²) < 4.78 is 16.7. The maximum absolute atomic E-state index is 12.1. The first-order valence-electron chi connectivity index (χ1n) is 8.92. The molecule has 1 unspecified atom stereocenters. The van der Waals surface area contributed by atoms with Crippen LogP contribution in [-0.4, -0.2) is 19.8 Å². The summed E-state index contributed by atoms with van der Waals surface area (Å²) in [6.07, 6.45) is 2.03. The molecule has 0 N–H and O–H groups in total. The Kier molecular flexibility index (Phi) is 5.74. The SMILES string of the molecule is CCCC(COc1ccc2c(-c3ccccc3C)cc(=O)oc2c1)OC. The quantitative estimate of drug-likeness (QED) is 0.564. The fourth-order valence-corrected chi connectivity index (χ4v) is 3.11. The molecule has 1 atom stereocenters. The van der Waals surface area contributed by atoms with Gasteiger partial charge in [-0.15, -0.1) is 0 Å². The molecule has 0 spiro atoms. The first-order valence-corrected chi connectivity index (χ1v) is 8.92. The Morgan fingerprint density at radius 3 is 2.62 bits per heavy atom. The minimum atomic E-state index is -0.367. The summed E-state index contributed by atoms with van der Waals surface area (Å²) in [5.74, 6) is 0.667. The summed E-state index contributed by atoms with van der Waals surface area (Å²) in [4.78, 5) is 12.1. The summed E-state index contributed by atoms with van der Waals surface area (Å²) in [6, 6.07) is 15.2. The van der Waals surface area contributed by atoms with Gasteiger partial charge in [0.05, 0.1) is 6.10 Å². The third-order valence-corrected chi connectivity index (χ3v) is 4.53. The number of aryl methyl sites for hydroxylation is 1. The maximum atomic E-state index is 12.1. The third kappa shape index (κ3) is 3.97. The Balaban J connectivity index is 1.96. The highest BCUT2D eigenvalue weighted by Gasteiger charge is 2.12. The van der Waals surface area contributed by atoms with Crippen molar-refractivity contribution in [3.8, 4) is 16.9 Å². The molecule has 0 bridgehead atoms. The molecule has 0 amide bonds. The normalized spacial score (nSPS) is 12.3. The van der Waals surface area contributed by atoms with Gasteiger partial charge in [0.15, 0.2) is 0 Å². The number of hydrogen-bond donors (Lipinski definition) is 0. The zero-order valence-corrected chi connectivity index (χ0v) is 15.5. The van der Waals surface area contributed by atoms with Crippen LogP contribution in [-0.2, 0) is 4.74 Å². The smallest absolute Gasteiger partial charge is 0.336 e. The minimum absolute atomic E-state index is 0.0565. The van der Waals surface area contributed by atoms with E-state index in [-0.39, 0.29) is 11.7 Å². The molecule has 0 saturated carbocycles. The van der Waals surface area contributed by atoms with Crippen LogP contribution in [0.4, 0.5) is 0 Å². The van der Waals surface area contributed by atoms with Crippen LogP contribution < -0.4 is 10.4 Å². The summed E-state index contributed by atoms with van der Waals surface area (Å²) in [5, 5.41) is 0.892. The van der Waals surface area contributed by atoms with Gasteiger partial charge in [-0.05, 0) is 36.6 Å².